The van der Waals surface area contributed by atoms with Crippen molar-refractivity contribution in [2.75, 3.05) is 6.61 Å². The Balaban J connectivity index is 1.81. The molecule has 3 rings (SSSR count). The Kier molecular flexibility index (Phi) is 3.98. The summed E-state index contributed by atoms with van der Waals surface area (Å²) in [5.74, 6) is -0.425. The minimum atomic E-state index is -0.838. The molecule has 5 nitrogen and oxygen atoms in total. The van der Waals surface area contributed by atoms with Crippen molar-refractivity contribution >= 4 is 28.6 Å². The summed E-state index contributed by atoms with van der Waals surface area (Å²) in [6, 6.07) is 7.49. The van der Waals surface area contributed by atoms with Crippen molar-refractivity contribution in [3.8, 4) is 17.3 Å². The van der Waals surface area contributed by atoms with Crippen molar-refractivity contribution in [2.24, 2.45) is 5.41 Å². The summed E-state index contributed by atoms with van der Waals surface area (Å²) >= 11 is 2.03. The van der Waals surface area contributed by atoms with Gasteiger partial charge in [0.05, 0.1) is 0 Å². The molecule has 114 valence electrons. The highest BCUT2D eigenvalue weighted by atomic mass is 127. The molecule has 1 aromatic carbocycles. The van der Waals surface area contributed by atoms with E-state index in [1.807, 2.05) is 22.6 Å². The van der Waals surface area contributed by atoms with Crippen molar-refractivity contribution in [2.45, 2.75) is 12.8 Å². The quantitative estimate of drug-likeness (QED) is 0.602. The Morgan fingerprint density at radius 2 is 2.00 bits per heavy atom. The van der Waals surface area contributed by atoms with E-state index in [9.17, 15) is 9.18 Å². The number of hydrogen-bond donors (Lipinski definition) is 1. The lowest BCUT2D eigenvalue weighted by atomic mass is 10.1. The monoisotopic (exact) mass is 414 g/mol. The van der Waals surface area contributed by atoms with Crippen LogP contribution in [0.4, 0.5) is 4.39 Å². The fourth-order valence-corrected chi connectivity index (χ4v) is 2.48. The second kappa shape index (κ2) is 5.79. The summed E-state index contributed by atoms with van der Waals surface area (Å²) < 4.78 is 19.2. The molecule has 0 radical (unpaired) electrons. The molecule has 1 aliphatic rings. The first-order chi connectivity index (χ1) is 10.5. The number of nitrogens with zero attached hydrogens (tertiary/aromatic N) is 2. The summed E-state index contributed by atoms with van der Waals surface area (Å²) in [5, 5.41) is 9.15. The lowest BCUT2D eigenvalue weighted by Gasteiger charge is -2.12. The van der Waals surface area contributed by atoms with Crippen LogP contribution in [0.15, 0.2) is 30.3 Å². The van der Waals surface area contributed by atoms with E-state index in [-0.39, 0.29) is 12.4 Å². The third-order valence-corrected chi connectivity index (χ3v) is 4.13. The van der Waals surface area contributed by atoms with Crippen molar-refractivity contribution in [1.82, 2.24) is 9.97 Å². The number of rotatable bonds is 5. The molecule has 0 bridgehead atoms. The number of carbonyl (C=O) groups is 1. The van der Waals surface area contributed by atoms with Crippen LogP contribution in [0, 0.1) is 14.9 Å². The molecule has 1 heterocycles. The average Bonchev–Trinajstić information content (AvgIpc) is 3.27. The van der Waals surface area contributed by atoms with E-state index in [2.05, 4.69) is 9.97 Å². The van der Waals surface area contributed by atoms with Crippen LogP contribution in [0.1, 0.15) is 12.8 Å². The molecule has 7 heteroatoms. The Morgan fingerprint density at radius 1 is 1.32 bits per heavy atom. The van der Waals surface area contributed by atoms with Crippen LogP contribution >= 0.6 is 22.6 Å². The first-order valence-corrected chi connectivity index (χ1v) is 7.73. The average molecular weight is 414 g/mol. The van der Waals surface area contributed by atoms with Crippen molar-refractivity contribution in [3.05, 3.63) is 39.8 Å². The van der Waals surface area contributed by atoms with E-state index in [0.717, 1.165) is 0 Å². The SMILES string of the molecule is O=C(O)C1(COc2cc(I)nc(-c3ccc(F)cc3)n2)CC1. The van der Waals surface area contributed by atoms with E-state index < -0.39 is 11.4 Å². The van der Waals surface area contributed by atoms with Gasteiger partial charge in [0.15, 0.2) is 5.82 Å². The van der Waals surface area contributed by atoms with E-state index in [0.29, 0.717) is 33.8 Å². The van der Waals surface area contributed by atoms with Crippen LogP contribution in [0.3, 0.4) is 0 Å². The number of carboxylic acid groups (broad SMARTS) is 1. The van der Waals surface area contributed by atoms with Crippen molar-refractivity contribution < 1.29 is 19.0 Å². The van der Waals surface area contributed by atoms with Crippen LogP contribution in [-0.4, -0.2) is 27.7 Å². The van der Waals surface area contributed by atoms with E-state index in [4.69, 9.17) is 9.84 Å². The maximum absolute atomic E-state index is 13.0. The first-order valence-electron chi connectivity index (χ1n) is 6.65. The van der Waals surface area contributed by atoms with Gasteiger partial charge in [-0.05, 0) is 59.7 Å². The molecule has 0 amide bonds. The highest BCUT2D eigenvalue weighted by molar-refractivity contribution is 14.1. The molecule has 1 N–H and O–H groups in total. The Hall–Kier alpha value is -1.77. The predicted molar refractivity (Wildman–Crippen MR) is 84.9 cm³/mol. The molecular formula is C15H12FIN2O3. The van der Waals surface area contributed by atoms with Crippen LogP contribution in [0.5, 0.6) is 5.88 Å². The summed E-state index contributed by atoms with van der Waals surface area (Å²) in [4.78, 5) is 19.7. The minimum Gasteiger partial charge on any atom is -0.481 e. The molecule has 1 aromatic heterocycles. The number of hydrogen-bond acceptors (Lipinski definition) is 4. The summed E-state index contributed by atoms with van der Waals surface area (Å²) in [6.45, 7) is 0.0955. The standard InChI is InChI=1S/C15H12FIN2O3/c16-10-3-1-9(2-4-10)13-18-11(17)7-12(19-13)22-8-15(5-6-15)14(20)21/h1-4,7H,5-6,8H2,(H,20,21). The zero-order chi connectivity index (χ0) is 15.7. The van der Waals surface area contributed by atoms with Crippen LogP contribution in [-0.2, 0) is 4.79 Å². The summed E-state index contributed by atoms with van der Waals surface area (Å²) in [6.07, 6.45) is 1.24. The third kappa shape index (κ3) is 3.18. The molecule has 0 spiro atoms. The normalized spacial score (nSPS) is 15.4. The molecule has 1 aliphatic carbocycles. The van der Waals surface area contributed by atoms with Crippen LogP contribution in [0.2, 0.25) is 0 Å². The minimum absolute atomic E-state index is 0.0955. The summed E-state index contributed by atoms with van der Waals surface area (Å²) in [7, 11) is 0. The van der Waals surface area contributed by atoms with Crippen LogP contribution < -0.4 is 4.74 Å². The van der Waals surface area contributed by atoms with Gasteiger partial charge in [-0.1, -0.05) is 0 Å². The second-order valence-electron chi connectivity index (χ2n) is 5.23. The van der Waals surface area contributed by atoms with Crippen molar-refractivity contribution in [3.63, 3.8) is 0 Å². The molecule has 0 atom stereocenters. The molecule has 1 saturated carbocycles. The highest BCUT2D eigenvalue weighted by Crippen LogP contribution is 2.46. The predicted octanol–water partition coefficient (Wildman–Crippen LogP) is 3.13. The van der Waals surface area contributed by atoms with Gasteiger partial charge in [0.25, 0.3) is 0 Å². The van der Waals surface area contributed by atoms with Gasteiger partial charge in [-0.2, -0.15) is 4.98 Å². The molecule has 22 heavy (non-hydrogen) atoms. The Labute approximate surface area is 139 Å². The topological polar surface area (TPSA) is 72.3 Å². The fourth-order valence-electron chi connectivity index (χ4n) is 1.98. The van der Waals surface area contributed by atoms with Gasteiger partial charge < -0.3 is 9.84 Å². The number of benzene rings is 1. The molecular weight excluding hydrogens is 402 g/mol. The molecule has 1 fully saturated rings. The maximum Gasteiger partial charge on any atom is 0.313 e. The van der Waals surface area contributed by atoms with Crippen molar-refractivity contribution in [1.29, 1.82) is 0 Å². The molecule has 2 aromatic rings. The number of carboxylic acids is 1. The molecule has 0 unspecified atom stereocenters. The smallest absolute Gasteiger partial charge is 0.313 e. The zero-order valence-corrected chi connectivity index (χ0v) is 13.6. The first kappa shape index (κ1) is 15.1. The van der Waals surface area contributed by atoms with Crippen LogP contribution in [0.25, 0.3) is 11.4 Å². The van der Waals surface area contributed by atoms with Gasteiger partial charge in [0, 0.05) is 11.6 Å². The number of halogens is 2. The van der Waals surface area contributed by atoms with Gasteiger partial charge in [0.2, 0.25) is 5.88 Å². The van der Waals surface area contributed by atoms with Gasteiger partial charge in [-0.25, -0.2) is 9.37 Å². The Bertz CT molecular complexity index is 717. The largest absolute Gasteiger partial charge is 0.481 e. The highest BCUT2D eigenvalue weighted by Gasteiger charge is 2.51. The fraction of sp³-hybridized carbons (Fsp3) is 0.267. The number of aromatic nitrogens is 2. The number of aliphatic carboxylic acids is 1. The van der Waals surface area contributed by atoms with Gasteiger partial charge in [-0.3, -0.25) is 4.79 Å². The maximum atomic E-state index is 13.0. The van der Waals surface area contributed by atoms with E-state index >= 15 is 0 Å². The summed E-state index contributed by atoms with van der Waals surface area (Å²) in [5.41, 5.74) is -0.101. The lowest BCUT2D eigenvalue weighted by molar-refractivity contribution is -0.144. The van der Waals surface area contributed by atoms with Gasteiger partial charge in [0.1, 0.15) is 21.5 Å². The van der Waals surface area contributed by atoms with Gasteiger partial charge in [-0.15, -0.1) is 0 Å². The third-order valence-electron chi connectivity index (χ3n) is 3.58. The van der Waals surface area contributed by atoms with Gasteiger partial charge >= 0.3 is 5.97 Å². The Morgan fingerprint density at radius 3 is 2.59 bits per heavy atom. The molecule has 0 aliphatic heterocycles. The van der Waals surface area contributed by atoms with E-state index in [1.165, 1.54) is 12.1 Å². The zero-order valence-electron chi connectivity index (χ0n) is 11.4. The molecule has 0 saturated heterocycles. The van der Waals surface area contributed by atoms with E-state index in [1.54, 1.807) is 18.2 Å². The second-order valence-corrected chi connectivity index (χ2v) is 6.34. The lowest BCUT2D eigenvalue weighted by Crippen LogP contribution is -2.23. The number of ether oxygens (including phenoxy) is 1.